The van der Waals surface area contributed by atoms with E-state index in [0.717, 1.165) is 27.8 Å². The molecule has 4 rings (SSSR count). The number of hydrogen-bond acceptors (Lipinski definition) is 2. The minimum atomic E-state index is -0.150. The van der Waals surface area contributed by atoms with E-state index in [2.05, 4.69) is 21.4 Å². The molecular weight excluding hydrogens is 336 g/mol. The summed E-state index contributed by atoms with van der Waals surface area (Å²) in [5.74, 6) is -0.150. The summed E-state index contributed by atoms with van der Waals surface area (Å²) in [7, 11) is 0. The number of nitrogens with zero attached hydrogens (tertiary/aromatic N) is 2. The summed E-state index contributed by atoms with van der Waals surface area (Å²) < 4.78 is 1.85. The largest absolute Gasteiger partial charge is 0.351 e. The summed E-state index contributed by atoms with van der Waals surface area (Å²) >= 11 is 5.98. The SMILES string of the molecule is Cc1cc(C)c2cc(C(=O)NCc3cn4cc(Cl)ccc4n3)[nH]c2c1. The Labute approximate surface area is 149 Å². The molecule has 0 spiro atoms. The van der Waals surface area contributed by atoms with Gasteiger partial charge in [0.1, 0.15) is 11.3 Å². The highest BCUT2D eigenvalue weighted by molar-refractivity contribution is 6.30. The van der Waals surface area contributed by atoms with E-state index in [1.165, 1.54) is 5.56 Å². The number of aromatic amines is 1. The van der Waals surface area contributed by atoms with Gasteiger partial charge in [-0.25, -0.2) is 4.98 Å². The Morgan fingerprint density at radius 1 is 1.24 bits per heavy atom. The number of hydrogen-bond donors (Lipinski definition) is 2. The van der Waals surface area contributed by atoms with Crippen molar-refractivity contribution in [3.05, 3.63) is 70.3 Å². The van der Waals surface area contributed by atoms with Crippen LogP contribution in [0.15, 0.2) is 42.7 Å². The first-order valence-electron chi connectivity index (χ1n) is 8.01. The second-order valence-corrected chi connectivity index (χ2v) is 6.69. The number of aromatic nitrogens is 3. The summed E-state index contributed by atoms with van der Waals surface area (Å²) in [5.41, 5.74) is 5.43. The molecule has 25 heavy (non-hydrogen) atoms. The van der Waals surface area contributed by atoms with Crippen LogP contribution in [0.1, 0.15) is 27.3 Å². The van der Waals surface area contributed by atoms with Crippen molar-refractivity contribution in [1.82, 2.24) is 19.7 Å². The van der Waals surface area contributed by atoms with Crippen LogP contribution in [0.25, 0.3) is 16.6 Å². The highest BCUT2D eigenvalue weighted by Crippen LogP contribution is 2.21. The molecule has 0 aliphatic carbocycles. The predicted molar refractivity (Wildman–Crippen MR) is 99.1 cm³/mol. The van der Waals surface area contributed by atoms with E-state index >= 15 is 0 Å². The summed E-state index contributed by atoms with van der Waals surface area (Å²) in [6, 6.07) is 9.69. The number of fused-ring (bicyclic) bond motifs is 2. The first-order chi connectivity index (χ1) is 12.0. The number of H-pyrrole nitrogens is 1. The number of carbonyl (C=O) groups excluding carboxylic acids is 1. The zero-order valence-corrected chi connectivity index (χ0v) is 14.7. The molecule has 6 heteroatoms. The molecule has 0 atom stereocenters. The molecule has 3 heterocycles. The van der Waals surface area contributed by atoms with Crippen LogP contribution in [0.3, 0.4) is 0 Å². The van der Waals surface area contributed by atoms with Crippen LogP contribution in [-0.4, -0.2) is 20.3 Å². The first kappa shape index (κ1) is 15.7. The van der Waals surface area contributed by atoms with E-state index in [-0.39, 0.29) is 5.91 Å². The number of halogens is 1. The topological polar surface area (TPSA) is 62.2 Å². The zero-order chi connectivity index (χ0) is 17.6. The second kappa shape index (κ2) is 5.93. The minimum Gasteiger partial charge on any atom is -0.351 e. The molecule has 0 saturated heterocycles. The van der Waals surface area contributed by atoms with Gasteiger partial charge in [-0.3, -0.25) is 4.79 Å². The third kappa shape index (κ3) is 2.98. The Morgan fingerprint density at radius 3 is 2.92 bits per heavy atom. The van der Waals surface area contributed by atoms with Gasteiger partial charge in [0.25, 0.3) is 5.91 Å². The molecule has 5 nitrogen and oxygen atoms in total. The second-order valence-electron chi connectivity index (χ2n) is 6.25. The van der Waals surface area contributed by atoms with E-state index in [0.29, 0.717) is 17.3 Å². The lowest BCUT2D eigenvalue weighted by atomic mass is 10.1. The summed E-state index contributed by atoms with van der Waals surface area (Å²) in [6.45, 7) is 4.45. The van der Waals surface area contributed by atoms with Crippen LogP contribution in [0, 0.1) is 13.8 Å². The molecule has 0 bridgehead atoms. The number of aryl methyl sites for hydroxylation is 2. The number of imidazole rings is 1. The number of benzene rings is 1. The van der Waals surface area contributed by atoms with Gasteiger partial charge in [0.2, 0.25) is 0 Å². The molecule has 3 aromatic heterocycles. The quantitative estimate of drug-likeness (QED) is 0.585. The molecule has 1 amide bonds. The van der Waals surface area contributed by atoms with Crippen LogP contribution >= 0.6 is 11.6 Å². The van der Waals surface area contributed by atoms with E-state index in [1.54, 1.807) is 12.3 Å². The number of rotatable bonds is 3. The normalized spacial score (nSPS) is 11.3. The number of carbonyl (C=O) groups is 1. The van der Waals surface area contributed by atoms with Crippen molar-refractivity contribution in [2.75, 3.05) is 0 Å². The fraction of sp³-hybridized carbons (Fsp3) is 0.158. The smallest absolute Gasteiger partial charge is 0.268 e. The number of amides is 1. The monoisotopic (exact) mass is 352 g/mol. The minimum absolute atomic E-state index is 0.150. The number of nitrogens with one attached hydrogen (secondary N) is 2. The highest BCUT2D eigenvalue weighted by atomic mass is 35.5. The van der Waals surface area contributed by atoms with Crippen molar-refractivity contribution in [2.45, 2.75) is 20.4 Å². The Bertz CT molecular complexity index is 1110. The molecule has 126 valence electrons. The van der Waals surface area contributed by atoms with Gasteiger partial charge in [0, 0.05) is 23.3 Å². The lowest BCUT2D eigenvalue weighted by Gasteiger charge is -2.00. The van der Waals surface area contributed by atoms with Gasteiger partial charge < -0.3 is 14.7 Å². The molecule has 0 fully saturated rings. The third-order valence-electron chi connectivity index (χ3n) is 4.23. The van der Waals surface area contributed by atoms with Crippen LogP contribution in [0.5, 0.6) is 0 Å². The third-order valence-corrected chi connectivity index (χ3v) is 4.45. The lowest BCUT2D eigenvalue weighted by molar-refractivity contribution is 0.0946. The van der Waals surface area contributed by atoms with E-state index < -0.39 is 0 Å². The first-order valence-corrected chi connectivity index (χ1v) is 8.39. The van der Waals surface area contributed by atoms with Crippen molar-refractivity contribution in [3.63, 3.8) is 0 Å². The van der Waals surface area contributed by atoms with Crippen LogP contribution < -0.4 is 5.32 Å². The van der Waals surface area contributed by atoms with Crippen molar-refractivity contribution >= 4 is 34.1 Å². The average Bonchev–Trinajstić information content (AvgIpc) is 3.15. The lowest BCUT2D eigenvalue weighted by Crippen LogP contribution is -2.23. The maximum Gasteiger partial charge on any atom is 0.268 e. The Morgan fingerprint density at radius 2 is 2.08 bits per heavy atom. The van der Waals surface area contributed by atoms with Gasteiger partial charge in [-0.1, -0.05) is 17.7 Å². The molecule has 0 aliphatic heterocycles. The van der Waals surface area contributed by atoms with E-state index in [1.807, 2.05) is 42.6 Å². The molecule has 0 radical (unpaired) electrons. The van der Waals surface area contributed by atoms with E-state index in [9.17, 15) is 4.79 Å². The average molecular weight is 353 g/mol. The van der Waals surface area contributed by atoms with Gasteiger partial charge in [-0.2, -0.15) is 0 Å². The van der Waals surface area contributed by atoms with Crippen LogP contribution in [-0.2, 0) is 6.54 Å². The maximum absolute atomic E-state index is 12.5. The molecule has 4 aromatic rings. The molecule has 1 aromatic carbocycles. The van der Waals surface area contributed by atoms with Crippen LogP contribution in [0.4, 0.5) is 0 Å². The molecule has 0 aliphatic rings. The Kier molecular flexibility index (Phi) is 3.73. The summed E-state index contributed by atoms with van der Waals surface area (Å²) in [4.78, 5) is 20.1. The van der Waals surface area contributed by atoms with Gasteiger partial charge in [-0.15, -0.1) is 0 Å². The van der Waals surface area contributed by atoms with Crippen molar-refractivity contribution in [1.29, 1.82) is 0 Å². The van der Waals surface area contributed by atoms with Gasteiger partial charge in [-0.05, 0) is 49.2 Å². The van der Waals surface area contributed by atoms with Gasteiger partial charge in [0.15, 0.2) is 0 Å². The van der Waals surface area contributed by atoms with Crippen molar-refractivity contribution in [3.8, 4) is 0 Å². The molecular formula is C19H17ClN4O. The fourth-order valence-corrected chi connectivity index (χ4v) is 3.26. The summed E-state index contributed by atoms with van der Waals surface area (Å²) in [6.07, 6.45) is 3.65. The molecule has 2 N–H and O–H groups in total. The Balaban J connectivity index is 1.54. The highest BCUT2D eigenvalue weighted by Gasteiger charge is 2.12. The van der Waals surface area contributed by atoms with Crippen LogP contribution in [0.2, 0.25) is 5.02 Å². The van der Waals surface area contributed by atoms with E-state index in [4.69, 9.17) is 11.6 Å². The Hall–Kier alpha value is -2.79. The predicted octanol–water partition coefficient (Wildman–Crippen LogP) is 4.02. The van der Waals surface area contributed by atoms with Crippen molar-refractivity contribution < 1.29 is 4.79 Å². The molecule has 0 saturated carbocycles. The number of pyridine rings is 1. The van der Waals surface area contributed by atoms with Gasteiger partial charge in [0.05, 0.1) is 17.3 Å². The van der Waals surface area contributed by atoms with Crippen molar-refractivity contribution in [2.24, 2.45) is 0 Å². The zero-order valence-electron chi connectivity index (χ0n) is 13.9. The van der Waals surface area contributed by atoms with Gasteiger partial charge >= 0.3 is 0 Å². The standard InChI is InChI=1S/C19H17ClN4O/c1-11-5-12(2)15-7-17(23-16(15)6-11)19(25)21-8-14-10-24-9-13(20)3-4-18(24)22-14/h3-7,9-10,23H,8H2,1-2H3,(H,21,25). The summed E-state index contributed by atoms with van der Waals surface area (Å²) in [5, 5.41) is 4.62. The maximum atomic E-state index is 12.5. The molecule has 0 unspecified atom stereocenters. The fourth-order valence-electron chi connectivity index (χ4n) is 3.09.